The van der Waals surface area contributed by atoms with E-state index in [1.54, 1.807) is 0 Å². The van der Waals surface area contributed by atoms with Crippen molar-refractivity contribution in [2.75, 3.05) is 13.1 Å². The Hall–Kier alpha value is -1.04. The van der Waals surface area contributed by atoms with Crippen molar-refractivity contribution >= 4 is 5.91 Å². The highest BCUT2D eigenvalue weighted by atomic mass is 16.2. The molecule has 0 aromatic rings. The van der Waals surface area contributed by atoms with E-state index in [9.17, 15) is 4.79 Å². The molecule has 0 radical (unpaired) electrons. The molecule has 1 rings (SSSR count). The smallest absolute Gasteiger partial charge is 0.239 e. The summed E-state index contributed by atoms with van der Waals surface area (Å²) in [7, 11) is 0. The van der Waals surface area contributed by atoms with Gasteiger partial charge in [-0.1, -0.05) is 6.92 Å². The zero-order valence-corrected chi connectivity index (χ0v) is 8.99. The number of carbonyl (C=O) groups is 1. The Labute approximate surface area is 85.7 Å². The fourth-order valence-corrected chi connectivity index (χ4v) is 1.53. The summed E-state index contributed by atoms with van der Waals surface area (Å²) in [5, 5.41) is 8.79. The summed E-state index contributed by atoms with van der Waals surface area (Å²) in [4.78, 5) is 13.6. The van der Waals surface area contributed by atoms with E-state index in [0.717, 1.165) is 13.1 Å². The van der Waals surface area contributed by atoms with Crippen LogP contribution in [-0.4, -0.2) is 23.9 Å². The standard InChI is InChI=1S/C11H18N2O/c1-3-10(7-12)11(14)13(4-2)8-9-5-6-9/h9-10H,3-6,8H2,1-2H3. The normalized spacial score (nSPS) is 17.2. The van der Waals surface area contributed by atoms with E-state index in [4.69, 9.17) is 5.26 Å². The molecule has 0 spiro atoms. The molecule has 1 fully saturated rings. The van der Waals surface area contributed by atoms with E-state index >= 15 is 0 Å². The lowest BCUT2D eigenvalue weighted by atomic mass is 10.1. The molecule has 78 valence electrons. The Morgan fingerprint density at radius 3 is 2.57 bits per heavy atom. The molecule has 0 aliphatic heterocycles. The van der Waals surface area contributed by atoms with E-state index < -0.39 is 5.92 Å². The highest BCUT2D eigenvalue weighted by Crippen LogP contribution is 2.30. The van der Waals surface area contributed by atoms with Crippen LogP contribution in [0.3, 0.4) is 0 Å². The third-order valence-electron chi connectivity index (χ3n) is 2.73. The molecule has 0 aromatic heterocycles. The molecule has 1 aliphatic carbocycles. The molecule has 0 N–H and O–H groups in total. The first kappa shape index (κ1) is 11.0. The van der Waals surface area contributed by atoms with Crippen LogP contribution in [0.2, 0.25) is 0 Å². The van der Waals surface area contributed by atoms with Crippen LogP contribution in [0.1, 0.15) is 33.1 Å². The highest BCUT2D eigenvalue weighted by molar-refractivity contribution is 5.81. The van der Waals surface area contributed by atoms with E-state index in [1.807, 2.05) is 18.7 Å². The van der Waals surface area contributed by atoms with Crippen LogP contribution >= 0.6 is 0 Å². The molecule has 14 heavy (non-hydrogen) atoms. The van der Waals surface area contributed by atoms with Gasteiger partial charge in [0.2, 0.25) is 5.91 Å². The zero-order valence-electron chi connectivity index (χ0n) is 8.99. The van der Waals surface area contributed by atoms with Gasteiger partial charge in [-0.2, -0.15) is 5.26 Å². The summed E-state index contributed by atoms with van der Waals surface area (Å²) in [6.07, 6.45) is 3.11. The van der Waals surface area contributed by atoms with Crippen molar-refractivity contribution in [3.8, 4) is 6.07 Å². The summed E-state index contributed by atoms with van der Waals surface area (Å²) < 4.78 is 0. The molecule has 0 aromatic carbocycles. The number of hydrogen-bond acceptors (Lipinski definition) is 2. The van der Waals surface area contributed by atoms with E-state index in [0.29, 0.717) is 12.3 Å². The lowest BCUT2D eigenvalue weighted by molar-refractivity contribution is -0.133. The van der Waals surface area contributed by atoms with Gasteiger partial charge in [0.25, 0.3) is 0 Å². The van der Waals surface area contributed by atoms with Gasteiger partial charge in [0, 0.05) is 13.1 Å². The minimum atomic E-state index is -0.436. The number of amides is 1. The lowest BCUT2D eigenvalue weighted by Crippen LogP contribution is -2.36. The van der Waals surface area contributed by atoms with Crippen molar-refractivity contribution in [3.05, 3.63) is 0 Å². The van der Waals surface area contributed by atoms with Crippen molar-refractivity contribution < 1.29 is 4.79 Å². The summed E-state index contributed by atoms with van der Waals surface area (Å²) in [6.45, 7) is 5.45. The average molecular weight is 194 g/mol. The Kier molecular flexibility index (Phi) is 3.94. The van der Waals surface area contributed by atoms with E-state index in [2.05, 4.69) is 6.07 Å². The molecule has 3 nitrogen and oxygen atoms in total. The molecule has 1 saturated carbocycles. The van der Waals surface area contributed by atoms with E-state index in [1.165, 1.54) is 12.8 Å². The summed E-state index contributed by atoms with van der Waals surface area (Å²) in [6, 6.07) is 2.07. The highest BCUT2D eigenvalue weighted by Gasteiger charge is 2.28. The Morgan fingerprint density at radius 1 is 1.57 bits per heavy atom. The number of nitrogens with zero attached hydrogens (tertiary/aromatic N) is 2. The first-order valence-electron chi connectivity index (χ1n) is 5.41. The van der Waals surface area contributed by atoms with Gasteiger partial charge in [0.1, 0.15) is 5.92 Å². The van der Waals surface area contributed by atoms with Gasteiger partial charge in [-0.25, -0.2) is 0 Å². The van der Waals surface area contributed by atoms with Gasteiger partial charge in [-0.3, -0.25) is 4.79 Å². The van der Waals surface area contributed by atoms with E-state index in [-0.39, 0.29) is 5.91 Å². The molecule has 0 saturated heterocycles. The summed E-state index contributed by atoms with van der Waals surface area (Å²) in [5.74, 6) is 0.285. The SMILES string of the molecule is CCC(C#N)C(=O)N(CC)CC1CC1. The monoisotopic (exact) mass is 194 g/mol. The third-order valence-corrected chi connectivity index (χ3v) is 2.73. The maximum Gasteiger partial charge on any atom is 0.239 e. The van der Waals surface area contributed by atoms with Crippen LogP contribution in [0, 0.1) is 23.2 Å². The average Bonchev–Trinajstić information content (AvgIpc) is 2.99. The van der Waals surface area contributed by atoms with Gasteiger partial charge in [0.15, 0.2) is 0 Å². The minimum Gasteiger partial charge on any atom is -0.342 e. The second-order valence-corrected chi connectivity index (χ2v) is 3.91. The van der Waals surface area contributed by atoms with Gasteiger partial charge >= 0.3 is 0 Å². The van der Waals surface area contributed by atoms with Crippen LogP contribution in [0.4, 0.5) is 0 Å². The first-order valence-corrected chi connectivity index (χ1v) is 5.41. The van der Waals surface area contributed by atoms with Gasteiger partial charge in [0.05, 0.1) is 6.07 Å². The molecule has 1 unspecified atom stereocenters. The van der Waals surface area contributed by atoms with Gasteiger partial charge in [-0.15, -0.1) is 0 Å². The Morgan fingerprint density at radius 2 is 2.21 bits per heavy atom. The number of hydrogen-bond donors (Lipinski definition) is 0. The van der Waals surface area contributed by atoms with Crippen LogP contribution < -0.4 is 0 Å². The van der Waals surface area contributed by atoms with Crippen molar-refractivity contribution in [2.24, 2.45) is 11.8 Å². The van der Waals surface area contributed by atoms with Crippen molar-refractivity contribution in [3.63, 3.8) is 0 Å². The van der Waals surface area contributed by atoms with Crippen LogP contribution in [0.25, 0.3) is 0 Å². The molecular formula is C11H18N2O. The lowest BCUT2D eigenvalue weighted by Gasteiger charge is -2.22. The molecule has 3 heteroatoms. The number of rotatable bonds is 5. The second-order valence-electron chi connectivity index (χ2n) is 3.91. The molecule has 0 heterocycles. The second kappa shape index (κ2) is 4.99. The van der Waals surface area contributed by atoms with Crippen molar-refractivity contribution in [1.29, 1.82) is 5.26 Å². The van der Waals surface area contributed by atoms with Gasteiger partial charge in [-0.05, 0) is 32.1 Å². The maximum absolute atomic E-state index is 11.8. The van der Waals surface area contributed by atoms with Gasteiger partial charge < -0.3 is 4.90 Å². The van der Waals surface area contributed by atoms with Crippen LogP contribution in [0.5, 0.6) is 0 Å². The van der Waals surface area contributed by atoms with Crippen molar-refractivity contribution in [2.45, 2.75) is 33.1 Å². The van der Waals surface area contributed by atoms with Crippen LogP contribution in [0.15, 0.2) is 0 Å². The van der Waals surface area contributed by atoms with Crippen LogP contribution in [-0.2, 0) is 4.79 Å². The maximum atomic E-state index is 11.8. The summed E-state index contributed by atoms with van der Waals surface area (Å²) >= 11 is 0. The third kappa shape index (κ3) is 2.73. The fraction of sp³-hybridized carbons (Fsp3) is 0.818. The predicted octanol–water partition coefficient (Wildman–Crippen LogP) is 1.79. The summed E-state index contributed by atoms with van der Waals surface area (Å²) in [5.41, 5.74) is 0. The van der Waals surface area contributed by atoms with Crippen molar-refractivity contribution in [1.82, 2.24) is 4.90 Å². The topological polar surface area (TPSA) is 44.1 Å². The number of carbonyl (C=O) groups excluding carboxylic acids is 1. The Balaban J connectivity index is 2.49. The molecule has 0 bridgehead atoms. The zero-order chi connectivity index (χ0) is 10.6. The first-order chi connectivity index (χ1) is 6.72. The minimum absolute atomic E-state index is 0.0180. The molecular weight excluding hydrogens is 176 g/mol. The largest absolute Gasteiger partial charge is 0.342 e. The fourth-order valence-electron chi connectivity index (χ4n) is 1.53. The molecule has 1 amide bonds. The predicted molar refractivity (Wildman–Crippen MR) is 54.4 cm³/mol. The Bertz CT molecular complexity index is 240. The molecule has 1 atom stereocenters. The molecule has 1 aliphatic rings. The quantitative estimate of drug-likeness (QED) is 0.669. The number of nitriles is 1.